The Morgan fingerprint density at radius 2 is 1.71 bits per heavy atom. The zero-order chi connectivity index (χ0) is 23.8. The molecule has 0 atom stereocenters. The fourth-order valence-corrected chi connectivity index (χ4v) is 3.55. The maximum Gasteiger partial charge on any atom is 0.343 e. The second kappa shape index (κ2) is 11.4. The lowest BCUT2D eigenvalue weighted by Crippen LogP contribution is -2.33. The molecule has 0 aliphatic carbocycles. The summed E-state index contributed by atoms with van der Waals surface area (Å²) in [6.07, 6.45) is 0.957. The Hall–Kier alpha value is -3.04. The Bertz CT molecular complexity index is 1000. The van der Waals surface area contributed by atoms with Crippen molar-refractivity contribution >= 4 is 27.7 Å². The van der Waals surface area contributed by atoms with Crippen LogP contribution in [0.2, 0.25) is 0 Å². The lowest BCUT2D eigenvalue weighted by atomic mass is 10.2. The Balaban J connectivity index is 3.32. The number of carbonyl (C=O) groups excluding carboxylic acids is 3. The highest BCUT2D eigenvalue weighted by Crippen LogP contribution is 2.17. The first-order chi connectivity index (χ1) is 14.4. The smallest absolute Gasteiger partial charge is 0.343 e. The minimum atomic E-state index is -3.96. The van der Waals surface area contributed by atoms with Gasteiger partial charge >= 0.3 is 11.9 Å². The van der Waals surface area contributed by atoms with Gasteiger partial charge in [-0.25, -0.2) is 18.0 Å². The predicted molar refractivity (Wildman–Crippen MR) is 115 cm³/mol. The Morgan fingerprint density at radius 3 is 2.19 bits per heavy atom. The van der Waals surface area contributed by atoms with E-state index in [-0.39, 0.29) is 34.5 Å². The molecule has 0 saturated carbocycles. The van der Waals surface area contributed by atoms with E-state index in [0.717, 1.165) is 16.7 Å². The molecule has 1 rings (SSSR count). The number of hydrogen-bond acceptors (Lipinski definition) is 7. The third-order valence-electron chi connectivity index (χ3n) is 4.17. The summed E-state index contributed by atoms with van der Waals surface area (Å²) < 4.78 is 30.3. The molecule has 0 aliphatic rings. The van der Waals surface area contributed by atoms with Crippen molar-refractivity contribution in [3.63, 3.8) is 0 Å². The number of aliphatic hydroxyl groups excluding tert-OH is 1. The monoisotopic (exact) mass is 449 g/mol. The molecule has 0 unspecified atom stereocenters. The molecule has 0 heterocycles. The predicted octanol–water partition coefficient (Wildman–Crippen LogP) is 2.43. The second-order valence-electron chi connectivity index (χ2n) is 6.87. The van der Waals surface area contributed by atoms with Gasteiger partial charge in [-0.15, -0.1) is 0 Å². The number of esters is 2. The lowest BCUT2D eigenvalue weighted by Gasteiger charge is -2.20. The van der Waals surface area contributed by atoms with E-state index in [0.29, 0.717) is 0 Å². The van der Waals surface area contributed by atoms with Gasteiger partial charge in [0.1, 0.15) is 5.88 Å². The van der Waals surface area contributed by atoms with Crippen LogP contribution in [0.5, 0.6) is 0 Å². The molecule has 1 aromatic rings. The van der Waals surface area contributed by atoms with E-state index in [1.807, 2.05) is 0 Å². The summed E-state index contributed by atoms with van der Waals surface area (Å²) in [5.74, 6) is -3.58. The SMILES string of the molecule is C=C(C)C(=O)N(C=C(CCO)C(=O)OC(=O)C(=C)CC)CS(=O)(=O)c1ccc(C)cc1. The number of nitrogens with zero attached hydrogens (tertiary/aromatic N) is 1. The molecule has 0 saturated heterocycles. The number of aryl methyl sites for hydroxylation is 1. The molecule has 1 amide bonds. The summed E-state index contributed by atoms with van der Waals surface area (Å²) in [4.78, 5) is 37.6. The first kappa shape index (κ1) is 26.0. The van der Waals surface area contributed by atoms with E-state index in [4.69, 9.17) is 4.74 Å². The van der Waals surface area contributed by atoms with Crippen LogP contribution in [0.15, 0.2) is 65.2 Å². The van der Waals surface area contributed by atoms with Gasteiger partial charge in [-0.05, 0) is 32.4 Å². The summed E-state index contributed by atoms with van der Waals surface area (Å²) in [6, 6.07) is 6.06. The van der Waals surface area contributed by atoms with E-state index in [1.165, 1.54) is 19.1 Å². The van der Waals surface area contributed by atoms with Gasteiger partial charge in [0, 0.05) is 30.4 Å². The maximum atomic E-state index is 12.8. The van der Waals surface area contributed by atoms with Crippen molar-refractivity contribution in [2.24, 2.45) is 0 Å². The summed E-state index contributed by atoms with van der Waals surface area (Å²) in [6.45, 7) is 11.4. The quantitative estimate of drug-likeness (QED) is 0.331. The fraction of sp³-hybridized carbons (Fsp3) is 0.318. The van der Waals surface area contributed by atoms with Gasteiger partial charge in [-0.2, -0.15) is 0 Å². The van der Waals surface area contributed by atoms with Crippen molar-refractivity contribution in [3.8, 4) is 0 Å². The van der Waals surface area contributed by atoms with Crippen molar-refractivity contribution in [3.05, 3.63) is 65.9 Å². The Kier molecular flexibility index (Phi) is 9.54. The largest absolute Gasteiger partial charge is 0.396 e. The van der Waals surface area contributed by atoms with Gasteiger partial charge in [0.05, 0.1) is 10.5 Å². The van der Waals surface area contributed by atoms with E-state index >= 15 is 0 Å². The van der Waals surface area contributed by atoms with Gasteiger partial charge in [0.15, 0.2) is 9.84 Å². The van der Waals surface area contributed by atoms with E-state index in [2.05, 4.69) is 13.2 Å². The van der Waals surface area contributed by atoms with Crippen LogP contribution < -0.4 is 0 Å². The first-order valence-electron chi connectivity index (χ1n) is 9.44. The number of amides is 1. The molecule has 168 valence electrons. The molecular formula is C22H27NO7S. The van der Waals surface area contributed by atoms with Crippen LogP contribution in [-0.2, 0) is 29.0 Å². The summed E-state index contributed by atoms with van der Waals surface area (Å²) >= 11 is 0. The standard InChI is InChI=1S/C22H27NO7S/c1-6-17(5)21(26)30-22(27)18(11-12-24)13-23(20(25)15(2)3)14-31(28,29)19-9-7-16(4)8-10-19/h7-10,13,24H,2,5-6,11-12,14H2,1,3-4H3. The Morgan fingerprint density at radius 1 is 1.13 bits per heavy atom. The van der Waals surface area contributed by atoms with Crippen LogP contribution in [0.25, 0.3) is 0 Å². The highest BCUT2D eigenvalue weighted by atomic mass is 32.2. The van der Waals surface area contributed by atoms with Crippen LogP contribution in [0, 0.1) is 6.92 Å². The number of hydrogen-bond donors (Lipinski definition) is 1. The highest BCUT2D eigenvalue weighted by molar-refractivity contribution is 7.91. The van der Waals surface area contributed by atoms with Crippen LogP contribution in [0.4, 0.5) is 0 Å². The molecule has 0 spiro atoms. The third kappa shape index (κ3) is 7.62. The van der Waals surface area contributed by atoms with Crippen molar-refractivity contribution in [1.82, 2.24) is 4.90 Å². The maximum absolute atomic E-state index is 12.8. The third-order valence-corrected chi connectivity index (χ3v) is 5.78. The second-order valence-corrected chi connectivity index (χ2v) is 8.83. The number of rotatable bonds is 10. The zero-order valence-electron chi connectivity index (χ0n) is 17.9. The fourth-order valence-electron chi connectivity index (χ4n) is 2.30. The summed E-state index contributed by atoms with van der Waals surface area (Å²) in [5.41, 5.74) is 0.699. The molecule has 1 N–H and O–H groups in total. The van der Waals surface area contributed by atoms with E-state index in [9.17, 15) is 27.9 Å². The van der Waals surface area contributed by atoms with Gasteiger partial charge in [0.25, 0.3) is 5.91 Å². The molecule has 0 bridgehead atoms. The number of ether oxygens (including phenoxy) is 1. The summed E-state index contributed by atoms with van der Waals surface area (Å²) in [7, 11) is -3.96. The van der Waals surface area contributed by atoms with Crippen LogP contribution >= 0.6 is 0 Å². The average molecular weight is 450 g/mol. The van der Waals surface area contributed by atoms with Crippen molar-refractivity contribution < 1.29 is 32.6 Å². The normalized spacial score (nSPS) is 11.5. The summed E-state index contributed by atoms with van der Waals surface area (Å²) in [5, 5.41) is 9.28. The molecule has 1 aromatic carbocycles. The van der Waals surface area contributed by atoms with Gasteiger partial charge in [-0.1, -0.05) is 37.8 Å². The number of benzene rings is 1. The first-order valence-corrected chi connectivity index (χ1v) is 11.1. The minimum Gasteiger partial charge on any atom is -0.396 e. The zero-order valence-corrected chi connectivity index (χ0v) is 18.7. The molecular weight excluding hydrogens is 422 g/mol. The molecule has 0 radical (unpaired) electrons. The lowest BCUT2D eigenvalue weighted by molar-refractivity contribution is -0.154. The molecule has 0 aromatic heterocycles. The van der Waals surface area contributed by atoms with Crippen molar-refractivity contribution in [1.29, 1.82) is 0 Å². The number of carbonyl (C=O) groups is 3. The van der Waals surface area contributed by atoms with E-state index < -0.39 is 40.2 Å². The molecule has 31 heavy (non-hydrogen) atoms. The molecule has 0 aliphatic heterocycles. The van der Waals surface area contributed by atoms with Gasteiger partial charge < -0.3 is 9.84 Å². The van der Waals surface area contributed by atoms with Crippen molar-refractivity contribution in [2.45, 2.75) is 38.5 Å². The Labute approximate surface area is 182 Å². The average Bonchev–Trinajstić information content (AvgIpc) is 2.71. The van der Waals surface area contributed by atoms with E-state index in [1.54, 1.807) is 26.0 Å². The highest BCUT2D eigenvalue weighted by Gasteiger charge is 2.25. The number of sulfone groups is 1. The van der Waals surface area contributed by atoms with Crippen LogP contribution in [-0.4, -0.2) is 48.8 Å². The van der Waals surface area contributed by atoms with Crippen LogP contribution in [0.3, 0.4) is 0 Å². The van der Waals surface area contributed by atoms with Gasteiger partial charge in [0.2, 0.25) is 0 Å². The topological polar surface area (TPSA) is 118 Å². The number of aliphatic hydroxyl groups is 1. The molecule has 9 heteroatoms. The van der Waals surface area contributed by atoms with Crippen molar-refractivity contribution in [2.75, 3.05) is 12.5 Å². The minimum absolute atomic E-state index is 0.00766. The van der Waals surface area contributed by atoms with Crippen LogP contribution in [0.1, 0.15) is 32.3 Å². The molecule has 0 fully saturated rings. The van der Waals surface area contributed by atoms with Gasteiger partial charge in [-0.3, -0.25) is 9.69 Å². The molecule has 8 nitrogen and oxygen atoms in total.